The molecule has 4 nitrogen and oxygen atoms in total. The first-order chi connectivity index (χ1) is 13.1. The summed E-state index contributed by atoms with van der Waals surface area (Å²) in [6.07, 6.45) is 1.24. The Balaban J connectivity index is 1.59. The van der Waals surface area contributed by atoms with Crippen LogP contribution in [0.4, 0.5) is 0 Å². The molecule has 1 heterocycles. The van der Waals surface area contributed by atoms with Crippen LogP contribution >= 0.6 is 11.6 Å². The molecule has 1 atom stereocenters. The van der Waals surface area contributed by atoms with Crippen LogP contribution in [0.1, 0.15) is 29.2 Å². The Bertz CT molecular complexity index is 742. The van der Waals surface area contributed by atoms with E-state index in [4.69, 9.17) is 16.3 Å². The summed E-state index contributed by atoms with van der Waals surface area (Å²) in [7, 11) is 0. The van der Waals surface area contributed by atoms with E-state index in [1.807, 2.05) is 24.3 Å². The van der Waals surface area contributed by atoms with Gasteiger partial charge in [-0.15, -0.1) is 0 Å². The van der Waals surface area contributed by atoms with Crippen LogP contribution in [0.2, 0.25) is 5.02 Å². The van der Waals surface area contributed by atoms with Gasteiger partial charge in [0.25, 0.3) is 0 Å². The van der Waals surface area contributed by atoms with Crippen molar-refractivity contribution in [3.05, 3.63) is 70.2 Å². The summed E-state index contributed by atoms with van der Waals surface area (Å²) in [6, 6.07) is 16.3. The summed E-state index contributed by atoms with van der Waals surface area (Å²) >= 11 is 6.44. The Hall–Kier alpha value is -1.88. The third-order valence-electron chi connectivity index (χ3n) is 5.00. The summed E-state index contributed by atoms with van der Waals surface area (Å²) in [4.78, 5) is 14.7. The molecule has 0 saturated carbocycles. The molecule has 1 aliphatic heterocycles. The zero-order valence-corrected chi connectivity index (χ0v) is 16.5. The van der Waals surface area contributed by atoms with E-state index >= 15 is 0 Å². The molecule has 1 saturated heterocycles. The molecule has 2 aromatic rings. The Labute approximate surface area is 166 Å². The Morgan fingerprint density at radius 2 is 1.85 bits per heavy atom. The molecule has 1 fully saturated rings. The number of ether oxygens (including phenoxy) is 1. The molecule has 2 aromatic carbocycles. The highest BCUT2D eigenvalue weighted by Gasteiger charge is 2.24. The number of halogens is 1. The summed E-state index contributed by atoms with van der Waals surface area (Å²) in [5, 5.41) is 3.85. The van der Waals surface area contributed by atoms with Gasteiger partial charge in [-0.2, -0.15) is 0 Å². The molecule has 0 radical (unpaired) electrons. The molecule has 0 spiro atoms. The maximum absolute atomic E-state index is 12.4. The maximum atomic E-state index is 12.4. The van der Waals surface area contributed by atoms with Crippen molar-refractivity contribution in [2.24, 2.45) is 0 Å². The average molecular weight is 387 g/mol. The predicted octanol–water partition coefficient (Wildman–Crippen LogP) is 3.77. The van der Waals surface area contributed by atoms with Gasteiger partial charge in [-0.05, 0) is 30.5 Å². The highest BCUT2D eigenvalue weighted by Crippen LogP contribution is 2.27. The van der Waals surface area contributed by atoms with Gasteiger partial charge >= 0.3 is 0 Å². The lowest BCUT2D eigenvalue weighted by Crippen LogP contribution is -2.44. The van der Waals surface area contributed by atoms with Crippen LogP contribution in [0.25, 0.3) is 0 Å². The SMILES string of the molecule is Cc1ccc(CCC(=O)NCC(c2ccccc2Cl)N2CCOCC2)cc1. The van der Waals surface area contributed by atoms with E-state index in [2.05, 4.69) is 41.4 Å². The van der Waals surface area contributed by atoms with Gasteiger partial charge in [-0.1, -0.05) is 59.6 Å². The summed E-state index contributed by atoms with van der Waals surface area (Å²) in [5.41, 5.74) is 3.47. The van der Waals surface area contributed by atoms with E-state index in [9.17, 15) is 4.79 Å². The molecule has 27 heavy (non-hydrogen) atoms. The highest BCUT2D eigenvalue weighted by atomic mass is 35.5. The number of benzene rings is 2. The fourth-order valence-corrected chi connectivity index (χ4v) is 3.64. The number of aryl methyl sites for hydroxylation is 2. The van der Waals surface area contributed by atoms with Gasteiger partial charge in [0, 0.05) is 31.1 Å². The van der Waals surface area contributed by atoms with E-state index in [-0.39, 0.29) is 11.9 Å². The normalized spacial score (nSPS) is 16.1. The van der Waals surface area contributed by atoms with E-state index in [1.165, 1.54) is 11.1 Å². The zero-order chi connectivity index (χ0) is 19.1. The fraction of sp³-hybridized carbons (Fsp3) is 0.409. The van der Waals surface area contributed by atoms with Crippen LogP contribution in [-0.2, 0) is 16.0 Å². The molecule has 144 valence electrons. The van der Waals surface area contributed by atoms with Crippen LogP contribution in [0, 0.1) is 6.92 Å². The molecule has 1 amide bonds. The lowest BCUT2D eigenvalue weighted by atomic mass is 10.0. The van der Waals surface area contributed by atoms with Crippen LogP contribution < -0.4 is 5.32 Å². The third kappa shape index (κ3) is 5.80. The van der Waals surface area contributed by atoms with Crippen molar-refractivity contribution in [3.63, 3.8) is 0 Å². The maximum Gasteiger partial charge on any atom is 0.220 e. The fourth-order valence-electron chi connectivity index (χ4n) is 3.38. The molecule has 3 rings (SSSR count). The van der Waals surface area contributed by atoms with Crippen molar-refractivity contribution in [2.75, 3.05) is 32.8 Å². The van der Waals surface area contributed by atoms with E-state index in [0.717, 1.165) is 30.1 Å². The van der Waals surface area contributed by atoms with Gasteiger partial charge in [0.05, 0.1) is 19.3 Å². The molecule has 5 heteroatoms. The topological polar surface area (TPSA) is 41.6 Å². The molecule has 0 aliphatic carbocycles. The zero-order valence-electron chi connectivity index (χ0n) is 15.8. The van der Waals surface area contributed by atoms with Crippen molar-refractivity contribution in [2.45, 2.75) is 25.8 Å². The van der Waals surface area contributed by atoms with Gasteiger partial charge in [0.15, 0.2) is 0 Å². The van der Waals surface area contributed by atoms with Crippen LogP contribution in [0.5, 0.6) is 0 Å². The number of morpholine rings is 1. The van der Waals surface area contributed by atoms with Crippen molar-refractivity contribution < 1.29 is 9.53 Å². The monoisotopic (exact) mass is 386 g/mol. The molecule has 1 aliphatic rings. The number of hydrogen-bond acceptors (Lipinski definition) is 3. The number of rotatable bonds is 7. The first-order valence-electron chi connectivity index (χ1n) is 9.52. The number of amides is 1. The van der Waals surface area contributed by atoms with Gasteiger partial charge in [0.1, 0.15) is 0 Å². The van der Waals surface area contributed by atoms with Gasteiger partial charge in [-0.3, -0.25) is 9.69 Å². The standard InChI is InChI=1S/C22H27ClN2O2/c1-17-6-8-18(9-7-17)10-11-22(26)24-16-21(25-12-14-27-15-13-25)19-4-2-3-5-20(19)23/h2-9,21H,10-16H2,1H3,(H,24,26). The quantitative estimate of drug-likeness (QED) is 0.787. The second kappa shape index (κ2) is 9.88. The van der Waals surface area contributed by atoms with Gasteiger partial charge in [0.2, 0.25) is 5.91 Å². The Kier molecular flexibility index (Phi) is 7.27. The molecular formula is C22H27ClN2O2. The number of carbonyl (C=O) groups is 1. The minimum Gasteiger partial charge on any atom is -0.379 e. The van der Waals surface area contributed by atoms with Crippen molar-refractivity contribution in [3.8, 4) is 0 Å². The second-order valence-corrected chi connectivity index (χ2v) is 7.38. The molecule has 0 aromatic heterocycles. The van der Waals surface area contributed by atoms with Crippen LogP contribution in [0.3, 0.4) is 0 Å². The highest BCUT2D eigenvalue weighted by molar-refractivity contribution is 6.31. The summed E-state index contributed by atoms with van der Waals surface area (Å²) < 4.78 is 5.48. The van der Waals surface area contributed by atoms with Crippen molar-refractivity contribution >= 4 is 17.5 Å². The number of carbonyl (C=O) groups excluding carboxylic acids is 1. The first kappa shape index (κ1) is 19.9. The minimum atomic E-state index is 0.0610. The first-order valence-corrected chi connectivity index (χ1v) is 9.90. The number of nitrogens with one attached hydrogen (secondary N) is 1. The van der Waals surface area contributed by atoms with E-state index < -0.39 is 0 Å². The number of hydrogen-bond donors (Lipinski definition) is 1. The Morgan fingerprint density at radius 3 is 2.56 bits per heavy atom. The van der Waals surface area contributed by atoms with Crippen molar-refractivity contribution in [1.82, 2.24) is 10.2 Å². The smallest absolute Gasteiger partial charge is 0.220 e. The summed E-state index contributed by atoms with van der Waals surface area (Å²) in [5.74, 6) is 0.0703. The second-order valence-electron chi connectivity index (χ2n) is 6.98. The average Bonchev–Trinajstić information content (AvgIpc) is 2.70. The summed E-state index contributed by atoms with van der Waals surface area (Å²) in [6.45, 7) is 5.72. The lowest BCUT2D eigenvalue weighted by Gasteiger charge is -2.35. The molecule has 1 N–H and O–H groups in total. The third-order valence-corrected chi connectivity index (χ3v) is 5.35. The van der Waals surface area contributed by atoms with Gasteiger partial charge in [-0.25, -0.2) is 0 Å². The minimum absolute atomic E-state index is 0.0610. The Morgan fingerprint density at radius 1 is 1.15 bits per heavy atom. The predicted molar refractivity (Wildman–Crippen MR) is 109 cm³/mol. The van der Waals surface area contributed by atoms with Crippen LogP contribution in [-0.4, -0.2) is 43.7 Å². The van der Waals surface area contributed by atoms with E-state index in [1.54, 1.807) is 0 Å². The van der Waals surface area contributed by atoms with Crippen molar-refractivity contribution in [1.29, 1.82) is 0 Å². The molecule has 1 unspecified atom stereocenters. The molecule has 0 bridgehead atoms. The van der Waals surface area contributed by atoms with Gasteiger partial charge < -0.3 is 10.1 Å². The van der Waals surface area contributed by atoms with Crippen LogP contribution in [0.15, 0.2) is 48.5 Å². The van der Waals surface area contributed by atoms with E-state index in [0.29, 0.717) is 26.2 Å². The largest absolute Gasteiger partial charge is 0.379 e. The lowest BCUT2D eigenvalue weighted by molar-refractivity contribution is -0.121. The number of nitrogens with zero attached hydrogens (tertiary/aromatic N) is 1. The molecular weight excluding hydrogens is 360 g/mol.